The normalized spacial score (nSPS) is 21.1. The minimum Gasteiger partial charge on any atom is -0.489 e. The van der Waals surface area contributed by atoms with Gasteiger partial charge in [0, 0.05) is 38.5 Å². The second kappa shape index (κ2) is 9.83. The van der Waals surface area contributed by atoms with E-state index in [9.17, 15) is 14.4 Å². The van der Waals surface area contributed by atoms with Crippen molar-refractivity contribution in [2.75, 3.05) is 37.7 Å². The lowest BCUT2D eigenvalue weighted by molar-refractivity contribution is -0.135. The molecule has 1 amide bonds. The number of amides is 1. The summed E-state index contributed by atoms with van der Waals surface area (Å²) in [6.45, 7) is 2.44. The molecule has 10 nitrogen and oxygen atoms in total. The highest BCUT2D eigenvalue weighted by atomic mass is 35.5. The molecule has 2 aliphatic rings. The van der Waals surface area contributed by atoms with Crippen LogP contribution in [0.1, 0.15) is 19.3 Å². The third-order valence-electron chi connectivity index (χ3n) is 5.81. The molecule has 2 fully saturated rings. The fourth-order valence-corrected chi connectivity index (χ4v) is 4.25. The average molecular weight is 481 g/mol. The van der Waals surface area contributed by atoms with E-state index >= 15 is 0 Å². The van der Waals surface area contributed by atoms with Crippen molar-refractivity contribution in [3.8, 4) is 5.75 Å². The van der Waals surface area contributed by atoms with Crippen molar-refractivity contribution in [3.05, 3.63) is 39.0 Å². The van der Waals surface area contributed by atoms with Gasteiger partial charge in [-0.25, -0.2) is 15.1 Å². The number of carbonyl (C=O) groups excluding carboxylic acids is 2. The van der Waals surface area contributed by atoms with Crippen molar-refractivity contribution in [2.45, 2.75) is 19.3 Å². The number of ketones is 1. The average Bonchev–Trinajstić information content (AvgIpc) is 3.14. The first-order valence-electron chi connectivity index (χ1n) is 10.3. The third-order valence-corrected chi connectivity index (χ3v) is 6.37. The number of anilines is 1. The van der Waals surface area contributed by atoms with Crippen LogP contribution in [-0.4, -0.2) is 69.5 Å². The van der Waals surface area contributed by atoms with Gasteiger partial charge in [-0.3, -0.25) is 14.4 Å². The Kier molecular flexibility index (Phi) is 6.90. The Morgan fingerprint density at radius 2 is 1.75 bits per heavy atom. The highest BCUT2D eigenvalue weighted by Crippen LogP contribution is 2.31. The van der Waals surface area contributed by atoms with Crippen molar-refractivity contribution < 1.29 is 14.3 Å². The summed E-state index contributed by atoms with van der Waals surface area (Å²) in [5, 5.41) is 6.23. The van der Waals surface area contributed by atoms with Crippen LogP contribution in [0.5, 0.6) is 5.75 Å². The van der Waals surface area contributed by atoms with E-state index in [2.05, 4.69) is 20.2 Å². The van der Waals surface area contributed by atoms with E-state index in [-0.39, 0.29) is 47.3 Å². The van der Waals surface area contributed by atoms with Crippen molar-refractivity contribution >= 4 is 40.8 Å². The van der Waals surface area contributed by atoms with Gasteiger partial charge < -0.3 is 14.5 Å². The number of aromatic nitrogens is 4. The van der Waals surface area contributed by atoms with E-state index in [1.807, 2.05) is 4.90 Å². The highest BCUT2D eigenvalue weighted by molar-refractivity contribution is 6.31. The van der Waals surface area contributed by atoms with Gasteiger partial charge in [0.25, 0.3) is 5.56 Å². The summed E-state index contributed by atoms with van der Waals surface area (Å²) in [5.41, 5.74) is -0.548. The molecule has 32 heavy (non-hydrogen) atoms. The van der Waals surface area contributed by atoms with E-state index in [0.717, 1.165) is 0 Å². The summed E-state index contributed by atoms with van der Waals surface area (Å²) in [5.74, 6) is 0.0729. The number of aromatic amines is 1. The molecule has 1 aliphatic heterocycles. The molecular formula is C20H22Cl2N6O4. The Hall–Kier alpha value is -2.72. The maximum Gasteiger partial charge on any atom is 0.286 e. The molecule has 2 aromatic heterocycles. The number of hydrogen-bond acceptors (Lipinski definition) is 8. The van der Waals surface area contributed by atoms with Crippen LogP contribution in [0.3, 0.4) is 0 Å². The number of nitrogens with zero attached hydrogens (tertiary/aromatic N) is 5. The molecule has 3 heterocycles. The third kappa shape index (κ3) is 5.02. The molecule has 1 N–H and O–H groups in total. The molecule has 1 aliphatic carbocycles. The summed E-state index contributed by atoms with van der Waals surface area (Å²) in [7, 11) is 0. The van der Waals surface area contributed by atoms with Gasteiger partial charge in [-0.05, 0) is 12.8 Å². The molecule has 0 unspecified atom stereocenters. The largest absolute Gasteiger partial charge is 0.489 e. The molecule has 2 aromatic rings. The van der Waals surface area contributed by atoms with Crippen LogP contribution in [0.4, 0.5) is 5.95 Å². The van der Waals surface area contributed by atoms with Crippen LogP contribution in [0.15, 0.2) is 23.4 Å². The summed E-state index contributed by atoms with van der Waals surface area (Å²) in [6, 6.07) is 0. The number of H-pyrrole nitrogens is 1. The van der Waals surface area contributed by atoms with Crippen LogP contribution >= 0.6 is 23.2 Å². The molecule has 0 bridgehead atoms. The van der Waals surface area contributed by atoms with E-state index in [1.165, 1.54) is 6.20 Å². The standard InChI is InChI=1S/C20H22Cl2N6O4/c21-14-8-23-20(24-9-14)28-5-3-27(4-6-28)16(29)7-12-1-2-13(18(12)30)11-32-15-10-25-26-19(31)17(15)22/h8-10,12-13H,1-7,11H2,(H,26,31)/t12-,13-/m1/s1. The van der Waals surface area contributed by atoms with E-state index < -0.39 is 5.56 Å². The lowest BCUT2D eigenvalue weighted by Crippen LogP contribution is -2.49. The van der Waals surface area contributed by atoms with Gasteiger partial charge in [0.2, 0.25) is 11.9 Å². The number of Topliss-reactive ketones (excluding diaryl/α,β-unsaturated/α-hetero) is 1. The maximum absolute atomic E-state index is 12.8. The van der Waals surface area contributed by atoms with E-state index in [1.54, 1.807) is 17.3 Å². The number of nitrogens with one attached hydrogen (secondary N) is 1. The SMILES string of the molecule is O=C1[C@@H](COc2cn[nH]c(=O)c2Cl)CC[C@@H]1CC(=O)N1CCN(c2ncc(Cl)cn2)CC1. The minimum absolute atomic E-state index is 0.0143. The fourth-order valence-electron chi connectivity index (χ4n) is 4.01. The maximum atomic E-state index is 12.8. The van der Waals surface area contributed by atoms with Gasteiger partial charge in [-0.15, -0.1) is 0 Å². The quantitative estimate of drug-likeness (QED) is 0.660. The molecule has 0 radical (unpaired) electrons. The lowest BCUT2D eigenvalue weighted by Gasteiger charge is -2.35. The van der Waals surface area contributed by atoms with Crippen LogP contribution in [0.25, 0.3) is 0 Å². The number of piperazine rings is 1. The molecule has 1 saturated carbocycles. The zero-order valence-corrected chi connectivity index (χ0v) is 18.7. The Morgan fingerprint density at radius 1 is 1.06 bits per heavy atom. The molecular weight excluding hydrogens is 459 g/mol. The molecule has 170 valence electrons. The van der Waals surface area contributed by atoms with Gasteiger partial charge in [-0.1, -0.05) is 23.2 Å². The minimum atomic E-state index is -0.548. The zero-order chi connectivity index (χ0) is 22.7. The van der Waals surface area contributed by atoms with Gasteiger partial charge in [0.15, 0.2) is 10.8 Å². The number of rotatable bonds is 6. The fraction of sp³-hybridized carbons (Fsp3) is 0.500. The number of ether oxygens (including phenoxy) is 1. The van der Waals surface area contributed by atoms with Crippen LogP contribution < -0.4 is 15.2 Å². The van der Waals surface area contributed by atoms with Crippen molar-refractivity contribution in [2.24, 2.45) is 11.8 Å². The predicted molar refractivity (Wildman–Crippen MR) is 117 cm³/mol. The van der Waals surface area contributed by atoms with Crippen molar-refractivity contribution in [1.29, 1.82) is 0 Å². The summed E-state index contributed by atoms with van der Waals surface area (Å²) in [6.07, 6.45) is 5.87. The summed E-state index contributed by atoms with van der Waals surface area (Å²) >= 11 is 11.7. The van der Waals surface area contributed by atoms with Crippen LogP contribution in [-0.2, 0) is 9.59 Å². The molecule has 0 aromatic carbocycles. The van der Waals surface area contributed by atoms with Crippen LogP contribution in [0, 0.1) is 11.8 Å². The second-order valence-corrected chi connectivity index (χ2v) is 8.65. The predicted octanol–water partition coefficient (Wildman–Crippen LogP) is 1.58. The first-order valence-corrected chi connectivity index (χ1v) is 11.1. The first-order chi connectivity index (χ1) is 15.4. The van der Waals surface area contributed by atoms with Crippen molar-refractivity contribution in [3.63, 3.8) is 0 Å². The number of hydrogen-bond donors (Lipinski definition) is 1. The van der Waals surface area contributed by atoms with Gasteiger partial charge >= 0.3 is 0 Å². The first kappa shape index (κ1) is 22.5. The van der Waals surface area contributed by atoms with Crippen LogP contribution in [0.2, 0.25) is 10.0 Å². The zero-order valence-electron chi connectivity index (χ0n) is 17.2. The topological polar surface area (TPSA) is 121 Å². The Morgan fingerprint density at radius 3 is 2.47 bits per heavy atom. The Bertz CT molecular complexity index is 1040. The number of halogens is 2. The van der Waals surface area contributed by atoms with Crippen molar-refractivity contribution in [1.82, 2.24) is 25.1 Å². The highest BCUT2D eigenvalue weighted by Gasteiger charge is 2.37. The Labute approximate surface area is 193 Å². The van der Waals surface area contributed by atoms with Gasteiger partial charge in [-0.2, -0.15) is 5.10 Å². The summed E-state index contributed by atoms with van der Waals surface area (Å²) < 4.78 is 5.55. The molecule has 0 spiro atoms. The molecule has 12 heteroatoms. The lowest BCUT2D eigenvalue weighted by atomic mass is 9.99. The monoisotopic (exact) mass is 480 g/mol. The molecule has 4 rings (SSSR count). The Balaban J connectivity index is 1.25. The smallest absolute Gasteiger partial charge is 0.286 e. The van der Waals surface area contributed by atoms with Gasteiger partial charge in [0.05, 0.1) is 36.1 Å². The van der Waals surface area contributed by atoms with Gasteiger partial charge in [0.1, 0.15) is 5.78 Å². The summed E-state index contributed by atoms with van der Waals surface area (Å²) in [4.78, 5) is 49.2. The van der Waals surface area contributed by atoms with E-state index in [0.29, 0.717) is 50.0 Å². The second-order valence-electron chi connectivity index (χ2n) is 7.84. The van der Waals surface area contributed by atoms with E-state index in [4.69, 9.17) is 27.9 Å². The molecule has 1 saturated heterocycles. The number of carbonyl (C=O) groups is 2. The molecule has 2 atom stereocenters.